The third-order valence-electron chi connectivity index (χ3n) is 6.39. The van der Waals surface area contributed by atoms with Crippen molar-refractivity contribution in [2.75, 3.05) is 33.9 Å². The molecule has 1 aromatic rings. The van der Waals surface area contributed by atoms with Gasteiger partial charge in [-0.2, -0.15) is 0 Å². The third-order valence-corrected chi connectivity index (χ3v) is 6.39. The van der Waals surface area contributed by atoms with Crippen molar-refractivity contribution in [3.63, 3.8) is 0 Å². The number of benzene rings is 1. The lowest BCUT2D eigenvalue weighted by Gasteiger charge is -2.39. The minimum absolute atomic E-state index is 0.0103. The molecule has 0 aromatic heterocycles. The summed E-state index contributed by atoms with van der Waals surface area (Å²) < 4.78 is 17.5. The Labute approximate surface area is 174 Å². The van der Waals surface area contributed by atoms with Gasteiger partial charge in [-0.05, 0) is 38.7 Å². The summed E-state index contributed by atoms with van der Waals surface area (Å²) in [6.45, 7) is 9.40. The fraction of sp³-hybridized carbons (Fsp3) is 0.696. The van der Waals surface area contributed by atoms with Crippen LogP contribution in [-0.2, 0) is 16.1 Å². The Morgan fingerprint density at radius 3 is 2.59 bits per heavy atom. The van der Waals surface area contributed by atoms with Gasteiger partial charge in [0.1, 0.15) is 11.5 Å². The number of piperidine rings is 1. The Morgan fingerprint density at radius 1 is 1.24 bits per heavy atom. The van der Waals surface area contributed by atoms with Gasteiger partial charge in [0, 0.05) is 43.2 Å². The Morgan fingerprint density at radius 2 is 1.97 bits per heavy atom. The largest absolute Gasteiger partial charge is 0.496 e. The molecule has 0 bridgehead atoms. The van der Waals surface area contributed by atoms with Crippen LogP contribution < -0.4 is 14.8 Å². The van der Waals surface area contributed by atoms with Crippen molar-refractivity contribution in [3.05, 3.63) is 23.3 Å². The summed E-state index contributed by atoms with van der Waals surface area (Å²) in [5.41, 5.74) is 2.23. The Kier molecular flexibility index (Phi) is 7.06. The van der Waals surface area contributed by atoms with Crippen molar-refractivity contribution in [1.82, 2.24) is 10.2 Å². The molecule has 162 valence electrons. The summed E-state index contributed by atoms with van der Waals surface area (Å²) >= 11 is 0. The van der Waals surface area contributed by atoms with Gasteiger partial charge in [-0.15, -0.1) is 0 Å². The third kappa shape index (κ3) is 5.04. The quantitative estimate of drug-likeness (QED) is 0.756. The summed E-state index contributed by atoms with van der Waals surface area (Å²) in [7, 11) is 3.41. The highest BCUT2D eigenvalue weighted by Crippen LogP contribution is 2.40. The minimum Gasteiger partial charge on any atom is -0.496 e. The summed E-state index contributed by atoms with van der Waals surface area (Å²) in [5, 5.41) is 3.02. The number of nitrogens with zero attached hydrogens (tertiary/aromatic N) is 1. The first-order chi connectivity index (χ1) is 13.9. The van der Waals surface area contributed by atoms with Crippen molar-refractivity contribution in [3.8, 4) is 11.5 Å². The van der Waals surface area contributed by atoms with Crippen molar-refractivity contribution in [2.45, 2.75) is 64.7 Å². The van der Waals surface area contributed by atoms with Crippen LogP contribution in [0.15, 0.2) is 12.1 Å². The molecular formula is C23H36N2O4. The van der Waals surface area contributed by atoms with E-state index >= 15 is 0 Å². The highest BCUT2D eigenvalue weighted by Gasteiger charge is 2.42. The van der Waals surface area contributed by atoms with Gasteiger partial charge in [-0.3, -0.25) is 9.69 Å². The van der Waals surface area contributed by atoms with E-state index in [9.17, 15) is 4.79 Å². The van der Waals surface area contributed by atoms with Crippen LogP contribution in [-0.4, -0.2) is 56.4 Å². The lowest BCUT2D eigenvalue weighted by molar-refractivity contribution is -0.125. The lowest BCUT2D eigenvalue weighted by Crippen LogP contribution is -2.45. The van der Waals surface area contributed by atoms with E-state index in [0.29, 0.717) is 6.54 Å². The maximum atomic E-state index is 11.8. The molecule has 0 saturated carbocycles. The predicted molar refractivity (Wildman–Crippen MR) is 113 cm³/mol. The van der Waals surface area contributed by atoms with Crippen molar-refractivity contribution in [1.29, 1.82) is 0 Å². The fourth-order valence-corrected chi connectivity index (χ4v) is 4.54. The smallest absolute Gasteiger partial charge is 0.222 e. The number of hydrogen-bond acceptors (Lipinski definition) is 5. The second kappa shape index (κ2) is 9.35. The van der Waals surface area contributed by atoms with E-state index in [1.165, 1.54) is 5.56 Å². The lowest BCUT2D eigenvalue weighted by atomic mass is 9.88. The van der Waals surface area contributed by atoms with Gasteiger partial charge in [-0.25, -0.2) is 0 Å². The molecule has 0 aliphatic carbocycles. The average molecular weight is 405 g/mol. The highest BCUT2D eigenvalue weighted by atomic mass is 16.5. The van der Waals surface area contributed by atoms with Crippen LogP contribution in [0.3, 0.4) is 0 Å². The second-order valence-electron chi connectivity index (χ2n) is 8.72. The maximum Gasteiger partial charge on any atom is 0.222 e. The van der Waals surface area contributed by atoms with Crippen LogP contribution in [0.5, 0.6) is 11.5 Å². The minimum atomic E-state index is -0.0103. The summed E-state index contributed by atoms with van der Waals surface area (Å²) in [6, 6.07) is 4.13. The van der Waals surface area contributed by atoms with Crippen molar-refractivity contribution < 1.29 is 19.0 Å². The van der Waals surface area contributed by atoms with Gasteiger partial charge in [0.05, 0.1) is 25.9 Å². The highest BCUT2D eigenvalue weighted by molar-refractivity contribution is 5.77. The molecule has 1 spiro atoms. The van der Waals surface area contributed by atoms with E-state index in [1.807, 2.05) is 26.8 Å². The summed E-state index contributed by atoms with van der Waals surface area (Å²) in [6.07, 6.45) is 4.35. The summed E-state index contributed by atoms with van der Waals surface area (Å²) in [4.78, 5) is 14.3. The van der Waals surface area contributed by atoms with E-state index in [2.05, 4.69) is 16.3 Å². The van der Waals surface area contributed by atoms with Gasteiger partial charge in [-0.1, -0.05) is 19.9 Å². The zero-order chi connectivity index (χ0) is 21.0. The Hall–Kier alpha value is -1.79. The topological polar surface area (TPSA) is 60.0 Å². The normalized spacial score (nSPS) is 21.5. The first-order valence-corrected chi connectivity index (χ1v) is 10.8. The molecule has 0 radical (unpaired) electrons. The number of ether oxygens (including phenoxy) is 3. The van der Waals surface area contributed by atoms with E-state index in [4.69, 9.17) is 14.2 Å². The molecule has 2 aliphatic heterocycles. The second-order valence-corrected chi connectivity index (χ2v) is 8.72. The van der Waals surface area contributed by atoms with Gasteiger partial charge in [0.2, 0.25) is 5.91 Å². The molecule has 3 rings (SSSR count). The molecule has 1 atom stereocenters. The first-order valence-electron chi connectivity index (χ1n) is 10.8. The molecule has 2 fully saturated rings. The molecule has 2 saturated heterocycles. The molecule has 6 heteroatoms. The first kappa shape index (κ1) is 21.9. The van der Waals surface area contributed by atoms with Crippen LogP contribution in [0.1, 0.15) is 50.7 Å². The summed E-state index contributed by atoms with van der Waals surface area (Å²) in [5.74, 6) is 1.90. The van der Waals surface area contributed by atoms with Crippen LogP contribution in [0.25, 0.3) is 0 Å². The Bertz CT molecular complexity index is 711. The molecule has 1 aromatic carbocycles. The average Bonchev–Trinajstić information content (AvgIpc) is 3.11. The van der Waals surface area contributed by atoms with Crippen molar-refractivity contribution >= 4 is 5.91 Å². The monoisotopic (exact) mass is 404 g/mol. The van der Waals surface area contributed by atoms with Crippen LogP contribution >= 0.6 is 0 Å². The molecular weight excluding hydrogens is 368 g/mol. The fourth-order valence-electron chi connectivity index (χ4n) is 4.54. The molecule has 0 unspecified atom stereocenters. The zero-order valence-electron chi connectivity index (χ0n) is 18.5. The molecule has 6 nitrogen and oxygen atoms in total. The van der Waals surface area contributed by atoms with E-state index in [0.717, 1.165) is 62.4 Å². The number of amides is 1. The number of likely N-dealkylation sites (tertiary alicyclic amines) is 1. The number of rotatable bonds is 7. The van der Waals surface area contributed by atoms with Gasteiger partial charge in [0.15, 0.2) is 0 Å². The van der Waals surface area contributed by atoms with Crippen LogP contribution in [0.4, 0.5) is 0 Å². The van der Waals surface area contributed by atoms with Crippen molar-refractivity contribution in [2.24, 2.45) is 5.92 Å². The number of hydrogen-bond donors (Lipinski definition) is 1. The molecule has 2 aliphatic rings. The van der Waals surface area contributed by atoms with Gasteiger partial charge in [0.25, 0.3) is 0 Å². The van der Waals surface area contributed by atoms with Gasteiger partial charge < -0.3 is 19.5 Å². The molecule has 29 heavy (non-hydrogen) atoms. The van der Waals surface area contributed by atoms with E-state index in [1.54, 1.807) is 14.2 Å². The number of methoxy groups -OCH3 is 2. The Balaban J connectivity index is 1.52. The van der Waals surface area contributed by atoms with Crippen LogP contribution in [0, 0.1) is 12.8 Å². The molecule has 1 amide bonds. The molecule has 2 heterocycles. The van der Waals surface area contributed by atoms with E-state index < -0.39 is 0 Å². The number of carbonyl (C=O) groups is 1. The number of carbonyl (C=O) groups excluding carboxylic acids is 1. The van der Waals surface area contributed by atoms with Crippen LogP contribution in [0.2, 0.25) is 0 Å². The molecule has 1 N–H and O–H groups in total. The number of nitrogens with one attached hydrogen (secondary N) is 1. The standard InChI is InChI=1S/C23H36N2O4/c1-16(2)22(26)24-14-19-8-9-23(29-19)10-12-25(13-11-23)15-18-6-7-20(27-4)17(3)21(18)28-5/h6-7,16,19H,8-15H2,1-5H3,(H,24,26)/t19-/m0/s1. The predicted octanol–water partition coefficient (Wildman–Crippen LogP) is 3.30. The van der Waals surface area contributed by atoms with E-state index in [-0.39, 0.29) is 23.5 Å². The van der Waals surface area contributed by atoms with Gasteiger partial charge >= 0.3 is 0 Å². The zero-order valence-corrected chi connectivity index (χ0v) is 18.5. The SMILES string of the molecule is COc1ccc(CN2CCC3(CC[C@@H](CNC(=O)C(C)C)O3)CC2)c(OC)c1C. The maximum absolute atomic E-state index is 11.8.